The molecule has 0 aliphatic carbocycles. The van der Waals surface area contributed by atoms with Crippen molar-refractivity contribution in [2.24, 2.45) is 0 Å². The van der Waals surface area contributed by atoms with Crippen molar-refractivity contribution in [1.82, 2.24) is 5.32 Å². The Morgan fingerprint density at radius 2 is 2.36 bits per heavy atom. The average molecular weight is 199 g/mol. The summed E-state index contributed by atoms with van der Waals surface area (Å²) in [5, 5.41) is 2.57. The number of amides is 1. The number of hydrogen-bond donors (Lipinski definition) is 1. The molecule has 4 heteroatoms. The van der Waals surface area contributed by atoms with Gasteiger partial charge in [0.2, 0.25) is 6.29 Å². The van der Waals surface area contributed by atoms with Crippen molar-refractivity contribution in [1.29, 1.82) is 0 Å². The smallest absolute Gasteiger partial charge is 0.409 e. The molecule has 0 aromatic carbocycles. The van der Waals surface area contributed by atoms with Gasteiger partial charge in [0.15, 0.2) is 0 Å². The lowest BCUT2D eigenvalue weighted by Gasteiger charge is -2.18. The van der Waals surface area contributed by atoms with E-state index in [9.17, 15) is 4.79 Å². The molecule has 1 atom stereocenters. The number of carbonyl (C=O) groups excluding carboxylic acids is 1. The van der Waals surface area contributed by atoms with Crippen molar-refractivity contribution < 1.29 is 14.3 Å². The van der Waals surface area contributed by atoms with Crippen LogP contribution < -0.4 is 5.32 Å². The van der Waals surface area contributed by atoms with Crippen LogP contribution >= 0.6 is 0 Å². The van der Waals surface area contributed by atoms with Gasteiger partial charge >= 0.3 is 6.09 Å². The summed E-state index contributed by atoms with van der Waals surface area (Å²) in [6.07, 6.45) is 5.89. The maximum atomic E-state index is 11.1. The molecule has 4 nitrogen and oxygen atoms in total. The van der Waals surface area contributed by atoms with E-state index in [4.69, 9.17) is 9.47 Å². The molecule has 0 aromatic rings. The second-order valence-electron chi connectivity index (χ2n) is 3.07. The predicted octanol–water partition coefficient (Wildman–Crippen LogP) is 1.82. The van der Waals surface area contributed by atoms with Crippen LogP contribution in [-0.2, 0) is 9.47 Å². The molecule has 1 rings (SSSR count). The van der Waals surface area contributed by atoms with E-state index < -0.39 is 12.4 Å². The number of ether oxygens (including phenoxy) is 2. The van der Waals surface area contributed by atoms with Gasteiger partial charge in [0.25, 0.3) is 0 Å². The molecule has 0 fully saturated rings. The van der Waals surface area contributed by atoms with E-state index in [1.54, 1.807) is 0 Å². The lowest BCUT2D eigenvalue weighted by Crippen LogP contribution is -2.30. The van der Waals surface area contributed by atoms with E-state index in [0.29, 0.717) is 13.2 Å². The first kappa shape index (κ1) is 11.0. The van der Waals surface area contributed by atoms with Crippen LogP contribution in [0.3, 0.4) is 0 Å². The zero-order valence-corrected chi connectivity index (χ0v) is 8.49. The topological polar surface area (TPSA) is 47.6 Å². The van der Waals surface area contributed by atoms with E-state index in [2.05, 4.69) is 17.5 Å². The average Bonchev–Trinajstić information content (AvgIpc) is 2.10. The lowest BCUT2D eigenvalue weighted by molar-refractivity contribution is -0.106. The van der Waals surface area contributed by atoms with E-state index >= 15 is 0 Å². The Balaban J connectivity index is 2.27. The predicted molar refractivity (Wildman–Crippen MR) is 52.9 cm³/mol. The molecule has 0 saturated carbocycles. The fourth-order valence-corrected chi connectivity index (χ4v) is 1.22. The van der Waals surface area contributed by atoms with Crippen molar-refractivity contribution in [3.05, 3.63) is 12.2 Å². The molecule has 1 amide bonds. The summed E-state index contributed by atoms with van der Waals surface area (Å²) in [5.41, 5.74) is 0. The first-order chi connectivity index (χ1) is 6.83. The first-order valence-electron chi connectivity index (χ1n) is 5.04. The van der Waals surface area contributed by atoms with Gasteiger partial charge in [-0.1, -0.05) is 12.2 Å². The highest BCUT2D eigenvalue weighted by molar-refractivity contribution is 5.67. The number of alkyl carbamates (subject to hydrolysis) is 1. The summed E-state index contributed by atoms with van der Waals surface area (Å²) < 4.78 is 10.4. The molecule has 0 radical (unpaired) electrons. The number of allylic oxidation sites excluding steroid dienone is 1. The molecule has 0 bridgehead atoms. The molecule has 1 aliphatic heterocycles. The minimum absolute atomic E-state index is 0.397. The van der Waals surface area contributed by atoms with Crippen LogP contribution in [0.2, 0.25) is 0 Å². The maximum absolute atomic E-state index is 11.1. The Kier molecular flexibility index (Phi) is 5.07. The SMILES string of the molecule is CCNC(=O)OC1CC/C=C/CCO1. The van der Waals surface area contributed by atoms with E-state index in [-0.39, 0.29) is 0 Å². The Labute approximate surface area is 84.3 Å². The molecule has 80 valence electrons. The molecule has 1 N–H and O–H groups in total. The zero-order chi connectivity index (χ0) is 10.2. The molecule has 1 aliphatic rings. The van der Waals surface area contributed by atoms with Gasteiger partial charge in [-0.2, -0.15) is 0 Å². The van der Waals surface area contributed by atoms with E-state index in [1.807, 2.05) is 6.92 Å². The summed E-state index contributed by atoms with van der Waals surface area (Å²) in [7, 11) is 0. The highest BCUT2D eigenvalue weighted by atomic mass is 16.7. The van der Waals surface area contributed by atoms with Crippen LogP contribution in [0.4, 0.5) is 4.79 Å². The molecular formula is C10H17NO3. The fourth-order valence-electron chi connectivity index (χ4n) is 1.22. The third-order valence-electron chi connectivity index (χ3n) is 1.88. The van der Waals surface area contributed by atoms with Crippen molar-refractivity contribution in [2.45, 2.75) is 32.5 Å². The number of nitrogens with one attached hydrogen (secondary N) is 1. The van der Waals surface area contributed by atoms with E-state index in [1.165, 1.54) is 0 Å². The van der Waals surface area contributed by atoms with Gasteiger partial charge in [0.1, 0.15) is 0 Å². The third kappa shape index (κ3) is 4.28. The molecular weight excluding hydrogens is 182 g/mol. The molecule has 1 unspecified atom stereocenters. The zero-order valence-electron chi connectivity index (χ0n) is 8.49. The van der Waals surface area contributed by atoms with Crippen LogP contribution in [0.25, 0.3) is 0 Å². The summed E-state index contributed by atoms with van der Waals surface area (Å²) in [5.74, 6) is 0. The summed E-state index contributed by atoms with van der Waals surface area (Å²) in [6.45, 7) is 3.04. The minimum Gasteiger partial charge on any atom is -0.420 e. The van der Waals surface area contributed by atoms with Crippen molar-refractivity contribution >= 4 is 6.09 Å². The van der Waals surface area contributed by atoms with Gasteiger partial charge in [-0.25, -0.2) is 4.79 Å². The van der Waals surface area contributed by atoms with Crippen LogP contribution in [-0.4, -0.2) is 25.5 Å². The number of carbonyl (C=O) groups is 1. The second kappa shape index (κ2) is 6.43. The summed E-state index contributed by atoms with van der Waals surface area (Å²) >= 11 is 0. The minimum atomic E-state index is -0.401. The van der Waals surface area contributed by atoms with Gasteiger partial charge in [-0.3, -0.25) is 0 Å². The highest BCUT2D eigenvalue weighted by Crippen LogP contribution is 2.09. The van der Waals surface area contributed by atoms with Gasteiger partial charge in [0.05, 0.1) is 6.61 Å². The van der Waals surface area contributed by atoms with Gasteiger partial charge in [-0.05, 0) is 19.8 Å². The van der Waals surface area contributed by atoms with Crippen LogP contribution in [0.15, 0.2) is 12.2 Å². The van der Waals surface area contributed by atoms with Crippen LogP contribution in [0, 0.1) is 0 Å². The van der Waals surface area contributed by atoms with Gasteiger partial charge < -0.3 is 14.8 Å². The quantitative estimate of drug-likeness (QED) is 0.690. The standard InChI is InChI=1S/C10H17NO3/c1-2-11-10(12)14-9-7-5-3-4-6-8-13-9/h3-4,9H,2,5-8H2,1H3,(H,11,12)/b4-3+. The van der Waals surface area contributed by atoms with Gasteiger partial charge in [-0.15, -0.1) is 0 Å². The van der Waals surface area contributed by atoms with E-state index in [0.717, 1.165) is 19.3 Å². The monoisotopic (exact) mass is 199 g/mol. The summed E-state index contributed by atoms with van der Waals surface area (Å²) in [4.78, 5) is 11.1. The summed E-state index contributed by atoms with van der Waals surface area (Å²) in [6, 6.07) is 0. The van der Waals surface area contributed by atoms with Gasteiger partial charge in [0, 0.05) is 13.0 Å². The molecule has 0 spiro atoms. The number of rotatable bonds is 2. The Morgan fingerprint density at radius 1 is 1.57 bits per heavy atom. The highest BCUT2D eigenvalue weighted by Gasteiger charge is 2.13. The maximum Gasteiger partial charge on any atom is 0.409 e. The second-order valence-corrected chi connectivity index (χ2v) is 3.07. The van der Waals surface area contributed by atoms with Crippen molar-refractivity contribution in [3.8, 4) is 0 Å². The largest absolute Gasteiger partial charge is 0.420 e. The Bertz CT molecular complexity index is 204. The fraction of sp³-hybridized carbons (Fsp3) is 0.700. The first-order valence-corrected chi connectivity index (χ1v) is 5.04. The van der Waals surface area contributed by atoms with Crippen LogP contribution in [0.5, 0.6) is 0 Å². The molecule has 1 heterocycles. The Morgan fingerprint density at radius 3 is 3.14 bits per heavy atom. The lowest BCUT2D eigenvalue weighted by atomic mass is 10.2. The third-order valence-corrected chi connectivity index (χ3v) is 1.88. The van der Waals surface area contributed by atoms with Crippen molar-refractivity contribution in [2.75, 3.05) is 13.2 Å². The molecule has 0 saturated heterocycles. The number of hydrogen-bond acceptors (Lipinski definition) is 3. The molecule has 0 aromatic heterocycles. The molecule has 14 heavy (non-hydrogen) atoms. The normalized spacial score (nSPS) is 24.5. The van der Waals surface area contributed by atoms with Crippen LogP contribution in [0.1, 0.15) is 26.2 Å². The Hall–Kier alpha value is -1.03. The van der Waals surface area contributed by atoms with Crippen molar-refractivity contribution in [3.63, 3.8) is 0 Å².